The maximum atomic E-state index is 13.2. The molecule has 1 fully saturated rings. The number of benzene rings is 2. The Morgan fingerprint density at radius 1 is 1.06 bits per heavy atom. The molecule has 1 saturated heterocycles. The van der Waals surface area contributed by atoms with Crippen LogP contribution in [-0.2, 0) is 10.0 Å². The molecule has 10 heteroatoms. The molecule has 34 heavy (non-hydrogen) atoms. The van der Waals surface area contributed by atoms with Gasteiger partial charge in [-0.25, -0.2) is 13.4 Å². The third-order valence-electron chi connectivity index (χ3n) is 5.63. The van der Waals surface area contributed by atoms with Crippen LogP contribution < -0.4 is 14.9 Å². The Labute approximate surface area is 204 Å². The van der Waals surface area contributed by atoms with Gasteiger partial charge in [0.1, 0.15) is 0 Å². The summed E-state index contributed by atoms with van der Waals surface area (Å²) in [7, 11) is -0.353. The van der Waals surface area contributed by atoms with E-state index in [0.717, 1.165) is 36.8 Å². The topological polar surface area (TPSA) is 93.1 Å². The predicted octanol–water partition coefficient (Wildman–Crippen LogP) is 4.84. The van der Waals surface area contributed by atoms with Gasteiger partial charge in [0.2, 0.25) is 15.2 Å². The molecule has 0 unspecified atom stereocenters. The number of nitrogens with one attached hydrogen (secondary N) is 1. The average molecular weight is 501 g/mol. The molecule has 8 nitrogen and oxygen atoms in total. The molecular weight excluding hydrogens is 472 g/mol. The van der Waals surface area contributed by atoms with Gasteiger partial charge in [0.25, 0.3) is 0 Å². The minimum Gasteiger partial charge on any atom is -0.493 e. The third-order valence-corrected chi connectivity index (χ3v) is 8.28. The van der Waals surface area contributed by atoms with E-state index >= 15 is 0 Å². The molecule has 0 spiro atoms. The van der Waals surface area contributed by atoms with E-state index in [1.165, 1.54) is 11.3 Å². The highest BCUT2D eigenvalue weighted by molar-refractivity contribution is 7.89. The van der Waals surface area contributed by atoms with Gasteiger partial charge in [-0.3, -0.25) is 5.43 Å². The Kier molecular flexibility index (Phi) is 7.81. The molecule has 2 heterocycles. The number of para-hydroxylation sites is 1. The Balaban J connectivity index is 1.49. The molecule has 0 bridgehead atoms. The van der Waals surface area contributed by atoms with E-state index in [1.807, 2.05) is 29.6 Å². The third kappa shape index (κ3) is 5.40. The van der Waals surface area contributed by atoms with Gasteiger partial charge in [-0.2, -0.15) is 9.41 Å². The van der Waals surface area contributed by atoms with Gasteiger partial charge in [-0.15, -0.1) is 11.3 Å². The summed E-state index contributed by atoms with van der Waals surface area (Å²) in [6, 6.07) is 12.5. The second-order valence-corrected chi connectivity index (χ2v) is 10.6. The predicted molar refractivity (Wildman–Crippen MR) is 136 cm³/mol. The van der Waals surface area contributed by atoms with Crippen LogP contribution >= 0.6 is 11.3 Å². The molecule has 0 amide bonds. The van der Waals surface area contributed by atoms with Crippen molar-refractivity contribution in [1.29, 1.82) is 0 Å². The maximum absolute atomic E-state index is 13.2. The van der Waals surface area contributed by atoms with E-state index in [0.29, 0.717) is 40.3 Å². The SMILES string of the molecule is COc1cccc(/C=N/Nc2nc(-c3cccc(S(=O)(=O)N4CCCCCC4)c3)cs2)c1OC. The van der Waals surface area contributed by atoms with Crippen LogP contribution in [0.5, 0.6) is 11.5 Å². The summed E-state index contributed by atoms with van der Waals surface area (Å²) in [5.74, 6) is 1.22. The van der Waals surface area contributed by atoms with Crippen LogP contribution in [0.4, 0.5) is 5.13 Å². The molecule has 0 atom stereocenters. The van der Waals surface area contributed by atoms with Crippen molar-refractivity contribution in [3.8, 4) is 22.8 Å². The van der Waals surface area contributed by atoms with Gasteiger partial charge in [-0.1, -0.05) is 31.0 Å². The summed E-state index contributed by atoms with van der Waals surface area (Å²) < 4.78 is 38.6. The van der Waals surface area contributed by atoms with Crippen LogP contribution in [0.15, 0.2) is 57.8 Å². The molecule has 2 aromatic carbocycles. The first-order chi connectivity index (χ1) is 16.5. The van der Waals surface area contributed by atoms with Crippen molar-refractivity contribution < 1.29 is 17.9 Å². The molecule has 180 valence electrons. The van der Waals surface area contributed by atoms with Crippen molar-refractivity contribution in [2.24, 2.45) is 5.10 Å². The van der Waals surface area contributed by atoms with Crippen LogP contribution in [0.3, 0.4) is 0 Å². The summed E-state index contributed by atoms with van der Waals surface area (Å²) in [5, 5.41) is 6.73. The number of hydrogen-bond donors (Lipinski definition) is 1. The van der Waals surface area contributed by atoms with Gasteiger partial charge < -0.3 is 9.47 Å². The minimum absolute atomic E-state index is 0.303. The molecule has 0 aliphatic carbocycles. The minimum atomic E-state index is -3.52. The smallest absolute Gasteiger partial charge is 0.243 e. The first kappa shape index (κ1) is 24.2. The van der Waals surface area contributed by atoms with Crippen molar-refractivity contribution in [1.82, 2.24) is 9.29 Å². The van der Waals surface area contributed by atoms with E-state index in [2.05, 4.69) is 15.5 Å². The second kappa shape index (κ2) is 11.0. The number of sulfonamides is 1. The lowest BCUT2D eigenvalue weighted by atomic mass is 10.2. The van der Waals surface area contributed by atoms with Gasteiger partial charge in [0.05, 0.1) is 31.0 Å². The van der Waals surface area contributed by atoms with Crippen molar-refractivity contribution in [2.45, 2.75) is 30.6 Å². The van der Waals surface area contributed by atoms with Gasteiger partial charge in [0.15, 0.2) is 11.5 Å². The van der Waals surface area contributed by atoms with E-state index in [9.17, 15) is 8.42 Å². The van der Waals surface area contributed by atoms with E-state index in [-0.39, 0.29) is 0 Å². The molecule has 4 rings (SSSR count). The molecule has 1 N–H and O–H groups in total. The van der Waals surface area contributed by atoms with Crippen LogP contribution in [-0.4, -0.2) is 51.2 Å². The van der Waals surface area contributed by atoms with Crippen molar-refractivity contribution in [3.05, 3.63) is 53.4 Å². The van der Waals surface area contributed by atoms with E-state index < -0.39 is 10.0 Å². The van der Waals surface area contributed by atoms with Crippen LogP contribution in [0.25, 0.3) is 11.3 Å². The molecular formula is C24H28N4O4S2. The van der Waals surface area contributed by atoms with Crippen molar-refractivity contribution >= 4 is 32.7 Å². The lowest BCUT2D eigenvalue weighted by molar-refractivity contribution is 0.354. The second-order valence-electron chi connectivity index (χ2n) is 7.84. The van der Waals surface area contributed by atoms with E-state index in [1.54, 1.807) is 42.9 Å². The number of nitrogens with zero attached hydrogens (tertiary/aromatic N) is 3. The quantitative estimate of drug-likeness (QED) is 0.352. The highest BCUT2D eigenvalue weighted by Crippen LogP contribution is 2.30. The van der Waals surface area contributed by atoms with Crippen LogP contribution in [0.2, 0.25) is 0 Å². The lowest BCUT2D eigenvalue weighted by Gasteiger charge is -2.20. The number of methoxy groups -OCH3 is 2. The first-order valence-electron chi connectivity index (χ1n) is 11.1. The summed E-state index contributed by atoms with van der Waals surface area (Å²) >= 11 is 1.39. The van der Waals surface area contributed by atoms with Crippen LogP contribution in [0, 0.1) is 0 Å². The Hall–Kier alpha value is -2.95. The normalized spacial score (nSPS) is 15.2. The number of rotatable bonds is 8. The van der Waals surface area contributed by atoms with E-state index in [4.69, 9.17) is 9.47 Å². The molecule has 3 aromatic rings. The maximum Gasteiger partial charge on any atom is 0.243 e. The molecule has 1 aliphatic heterocycles. The number of hydrazone groups is 1. The standard InChI is InChI=1S/C24H28N4O4S2/c1-31-22-12-8-10-19(23(22)32-2)16-25-27-24-26-21(17-33-24)18-9-7-11-20(15-18)34(29,30)28-13-5-3-4-6-14-28/h7-12,15-17H,3-6,13-14H2,1-2H3,(H,26,27)/b25-16+. The number of anilines is 1. The molecule has 1 aromatic heterocycles. The fraction of sp³-hybridized carbons (Fsp3) is 0.333. The number of hydrogen-bond acceptors (Lipinski definition) is 8. The lowest BCUT2D eigenvalue weighted by Crippen LogP contribution is -2.31. The highest BCUT2D eigenvalue weighted by Gasteiger charge is 2.25. The zero-order chi connectivity index (χ0) is 24.0. The van der Waals surface area contributed by atoms with Crippen molar-refractivity contribution in [3.63, 3.8) is 0 Å². The van der Waals surface area contributed by atoms with Crippen LogP contribution in [0.1, 0.15) is 31.2 Å². The summed E-state index contributed by atoms with van der Waals surface area (Å²) in [6.07, 6.45) is 5.60. The van der Waals surface area contributed by atoms with Gasteiger partial charge in [-0.05, 0) is 37.1 Å². The fourth-order valence-corrected chi connectivity index (χ4v) is 6.11. The molecule has 1 aliphatic rings. The average Bonchev–Trinajstić information content (AvgIpc) is 3.15. The summed E-state index contributed by atoms with van der Waals surface area (Å²) in [5.41, 5.74) is 5.13. The number of thiazole rings is 1. The molecule has 0 saturated carbocycles. The fourth-order valence-electron chi connectivity index (χ4n) is 3.88. The Morgan fingerprint density at radius 3 is 2.56 bits per heavy atom. The molecule has 0 radical (unpaired) electrons. The highest BCUT2D eigenvalue weighted by atomic mass is 32.2. The largest absolute Gasteiger partial charge is 0.493 e. The monoisotopic (exact) mass is 500 g/mol. The number of aromatic nitrogens is 1. The Bertz CT molecular complexity index is 1250. The van der Waals surface area contributed by atoms with Gasteiger partial charge in [0, 0.05) is 29.6 Å². The zero-order valence-corrected chi connectivity index (χ0v) is 20.9. The summed E-state index contributed by atoms with van der Waals surface area (Å²) in [4.78, 5) is 4.87. The first-order valence-corrected chi connectivity index (χ1v) is 13.4. The summed E-state index contributed by atoms with van der Waals surface area (Å²) in [6.45, 7) is 1.15. The van der Waals surface area contributed by atoms with Gasteiger partial charge >= 0.3 is 0 Å². The Morgan fingerprint density at radius 2 is 1.82 bits per heavy atom. The zero-order valence-electron chi connectivity index (χ0n) is 19.2. The van der Waals surface area contributed by atoms with Crippen molar-refractivity contribution in [2.75, 3.05) is 32.7 Å². The number of ether oxygens (including phenoxy) is 2.